The number of methoxy groups -OCH3 is 4. The summed E-state index contributed by atoms with van der Waals surface area (Å²) in [5, 5.41) is 11.2. The van der Waals surface area contributed by atoms with Crippen LogP contribution in [0.1, 0.15) is 0 Å². The molecule has 31 heavy (non-hydrogen) atoms. The molecule has 0 radical (unpaired) electrons. The fourth-order valence-corrected chi connectivity index (χ4v) is 3.49. The average Bonchev–Trinajstić information content (AvgIpc) is 2.77. The van der Waals surface area contributed by atoms with Crippen molar-refractivity contribution in [2.45, 2.75) is 0 Å². The molecule has 9 nitrogen and oxygen atoms in total. The van der Waals surface area contributed by atoms with Gasteiger partial charge in [-0.25, -0.2) is 9.59 Å². The topological polar surface area (TPSA) is 118 Å². The number of hydrogen-bond donors (Lipinski definition) is 1. The van der Waals surface area contributed by atoms with Crippen LogP contribution in [-0.4, -0.2) is 33.5 Å². The predicted molar refractivity (Wildman–Crippen MR) is 112 cm³/mol. The first kappa shape index (κ1) is 20.1. The second kappa shape index (κ2) is 7.60. The van der Waals surface area contributed by atoms with Crippen molar-refractivity contribution < 1.29 is 32.9 Å². The molecule has 4 aromatic rings. The molecule has 0 aliphatic carbocycles. The van der Waals surface area contributed by atoms with Gasteiger partial charge in [0.05, 0.1) is 39.6 Å². The molecule has 0 aliphatic rings. The van der Waals surface area contributed by atoms with Crippen LogP contribution < -0.4 is 30.2 Å². The molecule has 2 aromatic heterocycles. The van der Waals surface area contributed by atoms with Crippen LogP contribution in [0, 0.1) is 0 Å². The Kier molecular flexibility index (Phi) is 4.94. The molecule has 0 unspecified atom stereocenters. The summed E-state index contributed by atoms with van der Waals surface area (Å²) in [6.45, 7) is 0. The third-order valence-corrected chi connectivity index (χ3v) is 4.87. The smallest absolute Gasteiger partial charge is 0.344 e. The molecule has 9 heteroatoms. The van der Waals surface area contributed by atoms with Gasteiger partial charge in [-0.05, 0) is 24.3 Å². The molecule has 0 saturated carbocycles. The van der Waals surface area contributed by atoms with Crippen LogP contribution in [0.5, 0.6) is 28.7 Å². The second-order valence-corrected chi connectivity index (χ2v) is 6.49. The fourth-order valence-electron chi connectivity index (χ4n) is 3.49. The Hall–Kier alpha value is -4.14. The molecule has 0 saturated heterocycles. The molecule has 4 rings (SSSR count). The standard InChI is InChI=1S/C22H18O9/c1-26-13-8-10-5-6-15(23)30-18(10)20(28-3)16(13)12-7-11-9-14(27-2)17(24)21(29-4)19(11)31-22(12)25/h5-9,24H,1-4H3. The molecule has 0 fully saturated rings. The Morgan fingerprint density at radius 1 is 0.742 bits per heavy atom. The minimum atomic E-state index is -0.746. The van der Waals surface area contributed by atoms with Crippen LogP contribution in [-0.2, 0) is 0 Å². The molecule has 0 amide bonds. The molecule has 0 bridgehead atoms. The number of phenols is 1. The Morgan fingerprint density at radius 2 is 1.39 bits per heavy atom. The fraction of sp³-hybridized carbons (Fsp3) is 0.182. The van der Waals surface area contributed by atoms with E-state index in [-0.39, 0.29) is 45.3 Å². The van der Waals surface area contributed by atoms with Crippen molar-refractivity contribution in [1.82, 2.24) is 0 Å². The van der Waals surface area contributed by atoms with Gasteiger partial charge >= 0.3 is 11.3 Å². The van der Waals surface area contributed by atoms with E-state index in [9.17, 15) is 14.7 Å². The van der Waals surface area contributed by atoms with Gasteiger partial charge in [-0.1, -0.05) is 0 Å². The summed E-state index contributed by atoms with van der Waals surface area (Å²) in [5.41, 5.74) is -0.786. The lowest BCUT2D eigenvalue weighted by Crippen LogP contribution is -2.07. The zero-order valence-corrected chi connectivity index (χ0v) is 17.1. The van der Waals surface area contributed by atoms with Gasteiger partial charge in [0.15, 0.2) is 22.7 Å². The molecular formula is C22H18O9. The molecule has 2 aromatic carbocycles. The molecule has 0 aliphatic heterocycles. The Bertz CT molecular complexity index is 1430. The third-order valence-electron chi connectivity index (χ3n) is 4.87. The maximum atomic E-state index is 13.0. The number of hydrogen-bond acceptors (Lipinski definition) is 9. The summed E-state index contributed by atoms with van der Waals surface area (Å²) >= 11 is 0. The summed E-state index contributed by atoms with van der Waals surface area (Å²) in [6, 6.07) is 7.49. The second-order valence-electron chi connectivity index (χ2n) is 6.49. The Morgan fingerprint density at radius 3 is 2.03 bits per heavy atom. The highest BCUT2D eigenvalue weighted by Crippen LogP contribution is 2.46. The third kappa shape index (κ3) is 3.10. The van der Waals surface area contributed by atoms with E-state index in [0.29, 0.717) is 16.5 Å². The maximum absolute atomic E-state index is 13.0. The normalized spacial score (nSPS) is 11.0. The van der Waals surface area contributed by atoms with Crippen molar-refractivity contribution in [3.8, 4) is 39.9 Å². The van der Waals surface area contributed by atoms with Gasteiger partial charge in [0.1, 0.15) is 5.75 Å². The lowest BCUT2D eigenvalue weighted by atomic mass is 10.0. The minimum Gasteiger partial charge on any atom is -0.502 e. The highest BCUT2D eigenvalue weighted by atomic mass is 16.5. The summed E-state index contributed by atoms with van der Waals surface area (Å²) in [4.78, 5) is 24.8. The van der Waals surface area contributed by atoms with E-state index in [2.05, 4.69) is 0 Å². The first-order valence-corrected chi connectivity index (χ1v) is 9.04. The summed E-state index contributed by atoms with van der Waals surface area (Å²) in [7, 11) is 5.55. The summed E-state index contributed by atoms with van der Waals surface area (Å²) < 4.78 is 32.2. The first-order chi connectivity index (χ1) is 14.9. The van der Waals surface area contributed by atoms with Crippen molar-refractivity contribution in [2.75, 3.05) is 28.4 Å². The van der Waals surface area contributed by atoms with Crippen molar-refractivity contribution in [2.24, 2.45) is 0 Å². The van der Waals surface area contributed by atoms with Gasteiger partial charge in [0.2, 0.25) is 11.5 Å². The zero-order valence-electron chi connectivity index (χ0n) is 17.1. The number of benzene rings is 2. The van der Waals surface area contributed by atoms with Crippen molar-refractivity contribution in [3.63, 3.8) is 0 Å². The highest BCUT2D eigenvalue weighted by Gasteiger charge is 2.24. The van der Waals surface area contributed by atoms with Gasteiger partial charge in [-0.2, -0.15) is 0 Å². The van der Waals surface area contributed by atoms with Gasteiger partial charge in [0, 0.05) is 16.8 Å². The minimum absolute atomic E-state index is 0.0403. The molecule has 0 atom stereocenters. The molecule has 160 valence electrons. The quantitative estimate of drug-likeness (QED) is 0.480. The van der Waals surface area contributed by atoms with Crippen molar-refractivity contribution in [3.05, 3.63) is 51.2 Å². The summed E-state index contributed by atoms with van der Waals surface area (Å²) in [6.07, 6.45) is 0. The number of ether oxygens (including phenoxy) is 4. The van der Waals surface area contributed by atoms with Gasteiger partial charge in [-0.15, -0.1) is 0 Å². The van der Waals surface area contributed by atoms with E-state index in [1.165, 1.54) is 46.6 Å². The number of phenolic OH excluding ortho intramolecular Hbond substituents is 1. The van der Waals surface area contributed by atoms with Crippen LogP contribution >= 0.6 is 0 Å². The monoisotopic (exact) mass is 426 g/mol. The zero-order chi connectivity index (χ0) is 22.3. The van der Waals surface area contributed by atoms with E-state index in [1.807, 2.05) is 0 Å². The number of aromatic hydroxyl groups is 1. The average molecular weight is 426 g/mol. The van der Waals surface area contributed by atoms with E-state index < -0.39 is 11.3 Å². The van der Waals surface area contributed by atoms with Gasteiger partial charge in [-0.3, -0.25) is 0 Å². The molecule has 0 spiro atoms. The Labute approximate surface area is 174 Å². The van der Waals surface area contributed by atoms with E-state index in [0.717, 1.165) is 0 Å². The largest absolute Gasteiger partial charge is 0.502 e. The maximum Gasteiger partial charge on any atom is 0.344 e. The molecule has 1 N–H and O–H groups in total. The SMILES string of the molecule is COc1cc2cc(-c3c(OC)cc4ccc(=O)oc4c3OC)c(=O)oc2c(OC)c1O. The van der Waals surface area contributed by atoms with E-state index in [1.54, 1.807) is 12.1 Å². The lowest BCUT2D eigenvalue weighted by molar-refractivity contribution is 0.338. The first-order valence-electron chi connectivity index (χ1n) is 9.04. The summed E-state index contributed by atoms with van der Waals surface area (Å²) in [5.74, 6) is 0.240. The number of rotatable bonds is 5. The Balaban J connectivity index is 2.14. The molecule has 2 heterocycles. The predicted octanol–water partition coefficient (Wildman–Crippen LogP) is 3.31. The van der Waals surface area contributed by atoms with E-state index >= 15 is 0 Å². The van der Waals surface area contributed by atoms with Crippen molar-refractivity contribution >= 4 is 21.9 Å². The van der Waals surface area contributed by atoms with Crippen LogP contribution in [0.15, 0.2) is 48.8 Å². The van der Waals surface area contributed by atoms with Gasteiger partial charge in [0.25, 0.3) is 0 Å². The highest BCUT2D eigenvalue weighted by molar-refractivity contribution is 5.97. The van der Waals surface area contributed by atoms with Crippen LogP contribution in [0.25, 0.3) is 33.1 Å². The molecular weight excluding hydrogens is 408 g/mol. The lowest BCUT2D eigenvalue weighted by Gasteiger charge is -2.15. The van der Waals surface area contributed by atoms with Crippen LogP contribution in [0.4, 0.5) is 0 Å². The van der Waals surface area contributed by atoms with Crippen LogP contribution in [0.3, 0.4) is 0 Å². The van der Waals surface area contributed by atoms with Gasteiger partial charge < -0.3 is 32.9 Å². The van der Waals surface area contributed by atoms with E-state index in [4.69, 9.17) is 27.8 Å². The van der Waals surface area contributed by atoms with Crippen molar-refractivity contribution in [1.29, 1.82) is 0 Å². The van der Waals surface area contributed by atoms with Crippen LogP contribution in [0.2, 0.25) is 0 Å². The number of fused-ring (bicyclic) bond motifs is 2.